The van der Waals surface area contributed by atoms with Crippen LogP contribution in [0.25, 0.3) is 0 Å². The summed E-state index contributed by atoms with van der Waals surface area (Å²) in [4.78, 5) is 6.39. The van der Waals surface area contributed by atoms with E-state index in [1.54, 1.807) is 19.3 Å². The first-order valence-corrected chi connectivity index (χ1v) is 8.67. The molecule has 20 heavy (non-hydrogen) atoms. The van der Waals surface area contributed by atoms with Crippen LogP contribution in [0.1, 0.15) is 6.92 Å². The summed E-state index contributed by atoms with van der Waals surface area (Å²) in [5.74, 6) is 0.809. The number of sulfone groups is 1. The van der Waals surface area contributed by atoms with Crippen LogP contribution in [-0.2, 0) is 9.84 Å². The summed E-state index contributed by atoms with van der Waals surface area (Å²) in [5, 5.41) is 3.30. The number of pyridine rings is 1. The van der Waals surface area contributed by atoms with Gasteiger partial charge in [0.15, 0.2) is 9.84 Å². The summed E-state index contributed by atoms with van der Waals surface area (Å²) in [7, 11) is -2.98. The van der Waals surface area contributed by atoms with Gasteiger partial charge in [-0.25, -0.2) is 8.42 Å². The molecule has 0 atom stereocenters. The van der Waals surface area contributed by atoms with Crippen LogP contribution >= 0.6 is 0 Å². The molecule has 2 rings (SSSR count). The Hall–Kier alpha value is -1.34. The van der Waals surface area contributed by atoms with Crippen molar-refractivity contribution in [3.05, 3.63) is 18.5 Å². The first kappa shape index (κ1) is 15.1. The van der Waals surface area contributed by atoms with Crippen molar-refractivity contribution in [2.24, 2.45) is 0 Å². The topological polar surface area (TPSA) is 71.5 Å². The minimum atomic E-state index is -2.98. The number of ether oxygens (including phenoxy) is 1. The molecule has 1 fully saturated rings. The molecule has 1 N–H and O–H groups in total. The first-order valence-electron chi connectivity index (χ1n) is 6.84. The summed E-state index contributed by atoms with van der Waals surface area (Å²) in [6.07, 6.45) is 3.42. The lowest BCUT2D eigenvalue weighted by molar-refractivity contribution is 0.339. The molecule has 112 valence electrons. The highest BCUT2D eigenvalue weighted by Gasteiger charge is 2.12. The largest absolute Gasteiger partial charge is 0.491 e. The molecule has 0 aromatic carbocycles. The molecule has 0 saturated carbocycles. The maximum absolute atomic E-state index is 11.4. The van der Waals surface area contributed by atoms with Crippen molar-refractivity contribution >= 4 is 15.5 Å². The zero-order chi connectivity index (χ0) is 14.4. The van der Waals surface area contributed by atoms with Crippen LogP contribution < -0.4 is 15.0 Å². The third kappa shape index (κ3) is 4.35. The Balaban J connectivity index is 1.92. The van der Waals surface area contributed by atoms with E-state index in [0.29, 0.717) is 5.75 Å². The van der Waals surface area contributed by atoms with Gasteiger partial charge in [0.25, 0.3) is 0 Å². The average molecular weight is 299 g/mol. The molecule has 6 nitrogen and oxygen atoms in total. The summed E-state index contributed by atoms with van der Waals surface area (Å²) >= 11 is 0. The molecule has 1 aliphatic rings. The number of hydrogen-bond donors (Lipinski definition) is 1. The number of piperazine rings is 1. The van der Waals surface area contributed by atoms with Crippen molar-refractivity contribution < 1.29 is 13.2 Å². The lowest BCUT2D eigenvalue weighted by Crippen LogP contribution is -2.43. The van der Waals surface area contributed by atoms with E-state index in [4.69, 9.17) is 4.74 Å². The molecule has 0 bridgehead atoms. The normalized spacial score (nSPS) is 16.1. The highest BCUT2D eigenvalue weighted by molar-refractivity contribution is 7.91. The number of nitrogens with one attached hydrogen (secondary N) is 1. The second-order valence-corrected chi connectivity index (χ2v) is 7.17. The van der Waals surface area contributed by atoms with Gasteiger partial charge in [0.2, 0.25) is 0 Å². The number of rotatable bonds is 6. The van der Waals surface area contributed by atoms with Gasteiger partial charge in [-0.15, -0.1) is 0 Å². The zero-order valence-electron chi connectivity index (χ0n) is 11.7. The molecular weight excluding hydrogens is 278 g/mol. The van der Waals surface area contributed by atoms with Crippen molar-refractivity contribution in [3.8, 4) is 5.75 Å². The maximum atomic E-state index is 11.4. The smallest absolute Gasteiger partial charge is 0.153 e. The van der Waals surface area contributed by atoms with Crippen molar-refractivity contribution in [1.29, 1.82) is 0 Å². The summed E-state index contributed by atoms with van der Waals surface area (Å²) in [6.45, 7) is 5.61. The van der Waals surface area contributed by atoms with Crippen LogP contribution in [0.2, 0.25) is 0 Å². The van der Waals surface area contributed by atoms with Crippen molar-refractivity contribution in [2.75, 3.05) is 49.2 Å². The molecular formula is C13H21N3O3S. The van der Waals surface area contributed by atoms with Crippen LogP contribution in [0.5, 0.6) is 5.75 Å². The van der Waals surface area contributed by atoms with Crippen LogP contribution in [0.15, 0.2) is 18.5 Å². The van der Waals surface area contributed by atoms with Crippen molar-refractivity contribution in [2.45, 2.75) is 6.92 Å². The van der Waals surface area contributed by atoms with Crippen LogP contribution in [-0.4, -0.2) is 57.7 Å². The predicted molar refractivity (Wildman–Crippen MR) is 79.1 cm³/mol. The molecule has 1 saturated heterocycles. The van der Waals surface area contributed by atoms with Gasteiger partial charge in [0.05, 0.1) is 23.8 Å². The van der Waals surface area contributed by atoms with E-state index in [1.807, 2.05) is 6.07 Å². The van der Waals surface area contributed by atoms with Crippen LogP contribution in [0.3, 0.4) is 0 Å². The Morgan fingerprint density at radius 1 is 1.35 bits per heavy atom. The zero-order valence-corrected chi connectivity index (χ0v) is 12.5. The standard InChI is InChI=1S/C13H21N3O3S/c1-2-20(17,18)8-7-19-13-9-12(10-15-11-13)16-5-3-14-4-6-16/h9-11,14H,2-8H2,1H3. The molecule has 7 heteroatoms. The first-order chi connectivity index (χ1) is 9.61. The van der Waals surface area contributed by atoms with Gasteiger partial charge in [-0.05, 0) is 0 Å². The second kappa shape index (κ2) is 6.90. The molecule has 0 spiro atoms. The molecule has 0 amide bonds. The van der Waals surface area contributed by atoms with Crippen LogP contribution in [0, 0.1) is 0 Å². The third-order valence-electron chi connectivity index (χ3n) is 3.28. The molecule has 1 aliphatic heterocycles. The van der Waals surface area contributed by atoms with E-state index in [1.165, 1.54) is 0 Å². The van der Waals surface area contributed by atoms with Gasteiger partial charge in [-0.1, -0.05) is 6.92 Å². The third-order valence-corrected chi connectivity index (χ3v) is 4.95. The Bertz CT molecular complexity index is 527. The van der Waals surface area contributed by atoms with E-state index in [0.717, 1.165) is 31.9 Å². The summed E-state index contributed by atoms with van der Waals surface area (Å²) in [5.41, 5.74) is 1.02. The molecule has 1 aromatic rings. The van der Waals surface area contributed by atoms with E-state index < -0.39 is 9.84 Å². The van der Waals surface area contributed by atoms with E-state index in [2.05, 4.69) is 15.2 Å². The monoisotopic (exact) mass is 299 g/mol. The Morgan fingerprint density at radius 2 is 2.10 bits per heavy atom. The highest BCUT2D eigenvalue weighted by atomic mass is 32.2. The fraction of sp³-hybridized carbons (Fsp3) is 0.615. The SMILES string of the molecule is CCS(=O)(=O)CCOc1cncc(N2CCNCC2)c1. The second-order valence-electron chi connectivity index (χ2n) is 4.70. The minimum absolute atomic E-state index is 0.0430. The molecule has 0 unspecified atom stereocenters. The average Bonchev–Trinajstić information content (AvgIpc) is 2.48. The maximum Gasteiger partial charge on any atom is 0.153 e. The Morgan fingerprint density at radius 3 is 2.80 bits per heavy atom. The molecule has 0 aliphatic carbocycles. The van der Waals surface area contributed by atoms with Crippen molar-refractivity contribution in [3.63, 3.8) is 0 Å². The van der Waals surface area contributed by atoms with Gasteiger partial charge >= 0.3 is 0 Å². The Labute approximate surface area is 120 Å². The van der Waals surface area contributed by atoms with E-state index >= 15 is 0 Å². The molecule has 0 radical (unpaired) electrons. The van der Waals surface area contributed by atoms with E-state index in [9.17, 15) is 8.42 Å². The van der Waals surface area contributed by atoms with Gasteiger partial charge in [-0.3, -0.25) is 4.98 Å². The summed E-state index contributed by atoms with van der Waals surface area (Å²) in [6, 6.07) is 1.91. The summed E-state index contributed by atoms with van der Waals surface area (Å²) < 4.78 is 28.3. The van der Waals surface area contributed by atoms with Gasteiger partial charge < -0.3 is 15.0 Å². The highest BCUT2D eigenvalue weighted by Crippen LogP contribution is 2.19. The van der Waals surface area contributed by atoms with E-state index in [-0.39, 0.29) is 18.1 Å². The van der Waals surface area contributed by atoms with Crippen LogP contribution in [0.4, 0.5) is 5.69 Å². The molecule has 1 aromatic heterocycles. The van der Waals surface area contributed by atoms with Gasteiger partial charge in [-0.2, -0.15) is 0 Å². The predicted octanol–water partition coefficient (Wildman–Crippen LogP) is 0.305. The number of anilines is 1. The lowest BCUT2D eigenvalue weighted by Gasteiger charge is -2.29. The fourth-order valence-electron chi connectivity index (χ4n) is 2.01. The quantitative estimate of drug-likeness (QED) is 0.815. The minimum Gasteiger partial charge on any atom is -0.491 e. The van der Waals surface area contributed by atoms with Gasteiger partial charge in [0.1, 0.15) is 12.4 Å². The number of nitrogens with zero attached hydrogens (tertiary/aromatic N) is 2. The Kier molecular flexibility index (Phi) is 5.19. The van der Waals surface area contributed by atoms with Crippen molar-refractivity contribution in [1.82, 2.24) is 10.3 Å². The molecule has 2 heterocycles. The number of hydrogen-bond acceptors (Lipinski definition) is 6. The fourth-order valence-corrected chi connectivity index (χ4v) is 2.64. The van der Waals surface area contributed by atoms with Gasteiger partial charge in [0, 0.05) is 38.0 Å². The number of aromatic nitrogens is 1. The lowest BCUT2D eigenvalue weighted by atomic mass is 10.3.